The van der Waals surface area contributed by atoms with Gasteiger partial charge in [0.2, 0.25) is 0 Å². The third kappa shape index (κ3) is 2.55. The Bertz CT molecular complexity index is 1320. The molecule has 30 heavy (non-hydrogen) atoms. The third-order valence-electron chi connectivity index (χ3n) is 6.46. The number of carbonyl (C=O) groups excluding carboxylic acids is 1. The normalized spacial score (nSPS) is 20.3. The van der Waals surface area contributed by atoms with E-state index in [-0.39, 0.29) is 23.3 Å². The molecule has 1 saturated heterocycles. The molecule has 0 unspecified atom stereocenters. The van der Waals surface area contributed by atoms with Gasteiger partial charge in [-0.3, -0.25) is 9.59 Å². The van der Waals surface area contributed by atoms with E-state index in [9.17, 15) is 9.59 Å². The molecule has 0 saturated carbocycles. The summed E-state index contributed by atoms with van der Waals surface area (Å²) in [5.41, 5.74) is 3.29. The Balaban J connectivity index is 1.34. The number of rotatable bonds is 2. The zero-order valence-electron chi connectivity index (χ0n) is 16.3. The Hall–Kier alpha value is -3.61. The van der Waals surface area contributed by atoms with Crippen molar-refractivity contribution in [2.45, 2.75) is 18.9 Å². The summed E-state index contributed by atoms with van der Waals surface area (Å²) in [4.78, 5) is 38.8. The number of hydrogen-bond donors (Lipinski definition) is 2. The van der Waals surface area contributed by atoms with E-state index in [1.54, 1.807) is 12.4 Å². The molecule has 0 aliphatic carbocycles. The molecule has 4 aromatic rings. The number of amides is 1. The van der Waals surface area contributed by atoms with Crippen LogP contribution in [-0.2, 0) is 6.54 Å². The first-order valence-corrected chi connectivity index (χ1v) is 10.3. The van der Waals surface area contributed by atoms with E-state index >= 15 is 0 Å². The number of fused-ring (bicyclic) bond motifs is 5. The van der Waals surface area contributed by atoms with Gasteiger partial charge in [-0.1, -0.05) is 18.2 Å². The second-order valence-electron chi connectivity index (χ2n) is 8.28. The molecule has 150 valence electrons. The molecule has 0 radical (unpaired) electrons. The Kier molecular flexibility index (Phi) is 3.71. The number of hydrogen-bond acceptors (Lipinski definition) is 3. The summed E-state index contributed by atoms with van der Waals surface area (Å²) < 4.78 is 1.89. The molecular weight excluding hydrogens is 378 g/mol. The quantitative estimate of drug-likeness (QED) is 0.543. The minimum Gasteiger partial charge on any atom is -0.360 e. The van der Waals surface area contributed by atoms with Gasteiger partial charge in [-0.05, 0) is 30.5 Å². The van der Waals surface area contributed by atoms with Gasteiger partial charge >= 0.3 is 0 Å². The number of likely N-dealkylation sites (tertiary alicyclic amines) is 1. The van der Waals surface area contributed by atoms with Gasteiger partial charge in [0.15, 0.2) is 0 Å². The van der Waals surface area contributed by atoms with Crippen LogP contribution in [0.2, 0.25) is 0 Å². The van der Waals surface area contributed by atoms with E-state index in [1.165, 1.54) is 0 Å². The van der Waals surface area contributed by atoms with Crippen molar-refractivity contribution in [3.05, 3.63) is 76.6 Å². The number of aromatic amines is 2. The van der Waals surface area contributed by atoms with Gasteiger partial charge in [-0.2, -0.15) is 0 Å². The highest BCUT2D eigenvalue weighted by Gasteiger charge is 2.37. The molecule has 6 rings (SSSR count). The second-order valence-corrected chi connectivity index (χ2v) is 8.28. The molecule has 2 aliphatic heterocycles. The van der Waals surface area contributed by atoms with E-state index in [0.717, 1.165) is 28.6 Å². The molecule has 2 atom stereocenters. The molecule has 0 spiro atoms. The first kappa shape index (κ1) is 17.3. The molecule has 1 fully saturated rings. The number of para-hydroxylation sites is 1. The summed E-state index contributed by atoms with van der Waals surface area (Å²) in [5, 5.41) is 0.956. The van der Waals surface area contributed by atoms with E-state index in [0.29, 0.717) is 31.0 Å². The Morgan fingerprint density at radius 3 is 2.83 bits per heavy atom. The molecule has 1 amide bonds. The highest BCUT2D eigenvalue weighted by molar-refractivity contribution is 6.06. The van der Waals surface area contributed by atoms with E-state index in [2.05, 4.69) is 15.0 Å². The molecule has 5 heterocycles. The maximum absolute atomic E-state index is 13.3. The van der Waals surface area contributed by atoms with Gasteiger partial charge in [-0.15, -0.1) is 0 Å². The van der Waals surface area contributed by atoms with Crippen molar-refractivity contribution < 1.29 is 4.79 Å². The summed E-state index contributed by atoms with van der Waals surface area (Å²) in [5.74, 6) is 1.10. The zero-order chi connectivity index (χ0) is 20.2. The van der Waals surface area contributed by atoms with Crippen LogP contribution in [0.4, 0.5) is 0 Å². The fourth-order valence-corrected chi connectivity index (χ4v) is 5.12. The Morgan fingerprint density at radius 1 is 1.07 bits per heavy atom. The van der Waals surface area contributed by atoms with Crippen LogP contribution >= 0.6 is 0 Å². The van der Waals surface area contributed by atoms with Gasteiger partial charge in [0.05, 0.1) is 11.1 Å². The lowest BCUT2D eigenvalue weighted by Crippen LogP contribution is -2.49. The number of benzene rings is 1. The van der Waals surface area contributed by atoms with Crippen molar-refractivity contribution in [3.63, 3.8) is 0 Å². The monoisotopic (exact) mass is 399 g/mol. The summed E-state index contributed by atoms with van der Waals surface area (Å²) in [7, 11) is 0. The predicted octanol–water partition coefficient (Wildman–Crippen LogP) is 2.98. The minimum absolute atomic E-state index is 0.00597. The first-order chi connectivity index (χ1) is 14.7. The second kappa shape index (κ2) is 6.45. The van der Waals surface area contributed by atoms with Crippen LogP contribution in [0.3, 0.4) is 0 Å². The molecule has 2 aliphatic rings. The van der Waals surface area contributed by atoms with Gasteiger partial charge < -0.3 is 19.4 Å². The highest BCUT2D eigenvalue weighted by Crippen LogP contribution is 2.36. The van der Waals surface area contributed by atoms with Gasteiger partial charge in [0, 0.05) is 60.7 Å². The van der Waals surface area contributed by atoms with Crippen LogP contribution in [0, 0.1) is 5.92 Å². The summed E-state index contributed by atoms with van der Waals surface area (Å²) in [6.07, 6.45) is 6.20. The average molecular weight is 399 g/mol. The third-order valence-corrected chi connectivity index (χ3v) is 6.46. The topological polar surface area (TPSA) is 86.8 Å². The van der Waals surface area contributed by atoms with E-state index in [1.807, 2.05) is 52.1 Å². The standard InChI is InChI=1S/C23H21N5O2/c29-22(18-10-26-19-4-2-1-3-16(18)19)27-11-14-9-15(13-27)20-6-5-17(21-24-7-8-25-21)23(30)28(20)12-14/h1-8,10,14-15,26H,9,11-13H2,(H,24,25)/t14-,15+/m0/s1. The molecule has 7 heteroatoms. The molecule has 7 nitrogen and oxygen atoms in total. The van der Waals surface area contributed by atoms with Crippen molar-refractivity contribution in [3.8, 4) is 11.4 Å². The van der Waals surface area contributed by atoms with Crippen molar-refractivity contribution in [1.82, 2.24) is 24.4 Å². The maximum atomic E-state index is 13.3. The number of carbonyl (C=O) groups is 1. The lowest BCUT2D eigenvalue weighted by atomic mass is 9.82. The molecule has 2 N–H and O–H groups in total. The number of pyridine rings is 1. The maximum Gasteiger partial charge on any atom is 0.261 e. The van der Waals surface area contributed by atoms with E-state index < -0.39 is 0 Å². The fourth-order valence-electron chi connectivity index (χ4n) is 5.12. The van der Waals surface area contributed by atoms with Crippen LogP contribution in [0.1, 0.15) is 28.4 Å². The number of nitrogens with zero attached hydrogens (tertiary/aromatic N) is 3. The van der Waals surface area contributed by atoms with Crippen LogP contribution < -0.4 is 5.56 Å². The lowest BCUT2D eigenvalue weighted by molar-refractivity contribution is 0.0596. The SMILES string of the molecule is O=C(c1c[nH]c2ccccc12)N1C[C@@H]2C[C@H](C1)c1ccc(-c3ncc[nH]3)c(=O)n1C2. The van der Waals surface area contributed by atoms with Gasteiger partial charge in [0.1, 0.15) is 5.82 Å². The zero-order valence-corrected chi connectivity index (χ0v) is 16.3. The number of H-pyrrole nitrogens is 2. The summed E-state index contributed by atoms with van der Waals surface area (Å²) in [6, 6.07) is 11.8. The minimum atomic E-state index is -0.00597. The van der Waals surface area contributed by atoms with Crippen LogP contribution in [-0.4, -0.2) is 43.4 Å². The molecular formula is C23H21N5O2. The Labute approximate surface area is 172 Å². The number of aromatic nitrogens is 4. The molecule has 2 bridgehead atoms. The van der Waals surface area contributed by atoms with Crippen LogP contribution in [0.5, 0.6) is 0 Å². The predicted molar refractivity (Wildman–Crippen MR) is 113 cm³/mol. The van der Waals surface area contributed by atoms with Gasteiger partial charge in [0.25, 0.3) is 11.5 Å². The molecule has 1 aromatic carbocycles. The fraction of sp³-hybridized carbons (Fsp3) is 0.261. The first-order valence-electron chi connectivity index (χ1n) is 10.3. The van der Waals surface area contributed by atoms with Crippen molar-refractivity contribution in [2.24, 2.45) is 5.92 Å². The summed E-state index contributed by atoms with van der Waals surface area (Å²) in [6.45, 7) is 1.94. The highest BCUT2D eigenvalue weighted by atomic mass is 16.2. The lowest BCUT2D eigenvalue weighted by Gasteiger charge is -2.42. The van der Waals surface area contributed by atoms with Crippen LogP contribution in [0.25, 0.3) is 22.3 Å². The number of nitrogens with one attached hydrogen (secondary N) is 2. The average Bonchev–Trinajstić information content (AvgIpc) is 3.44. The Morgan fingerprint density at radius 2 is 1.97 bits per heavy atom. The number of piperidine rings is 1. The molecule has 3 aromatic heterocycles. The summed E-state index contributed by atoms with van der Waals surface area (Å²) >= 11 is 0. The smallest absolute Gasteiger partial charge is 0.261 e. The largest absolute Gasteiger partial charge is 0.360 e. The van der Waals surface area contributed by atoms with Crippen molar-refractivity contribution in [1.29, 1.82) is 0 Å². The van der Waals surface area contributed by atoms with Gasteiger partial charge in [-0.25, -0.2) is 4.98 Å². The number of imidazole rings is 1. The van der Waals surface area contributed by atoms with Crippen molar-refractivity contribution in [2.75, 3.05) is 13.1 Å². The van der Waals surface area contributed by atoms with E-state index in [4.69, 9.17) is 0 Å². The van der Waals surface area contributed by atoms with Crippen LogP contribution in [0.15, 0.2) is 59.8 Å². The van der Waals surface area contributed by atoms with Crippen molar-refractivity contribution >= 4 is 16.8 Å².